The van der Waals surface area contributed by atoms with Crippen LogP contribution in [0.2, 0.25) is 0 Å². The first kappa shape index (κ1) is 19.0. The lowest BCUT2D eigenvalue weighted by atomic mass is 9.83. The molecular weight excluding hydrogens is 388 g/mol. The molecule has 3 fully saturated rings. The third kappa shape index (κ3) is 3.34. The topological polar surface area (TPSA) is 91.9 Å². The number of aliphatic hydroxyl groups is 1. The van der Waals surface area contributed by atoms with Gasteiger partial charge in [0.2, 0.25) is 0 Å². The molecule has 2 bridgehead atoms. The van der Waals surface area contributed by atoms with Gasteiger partial charge in [-0.3, -0.25) is 9.69 Å². The summed E-state index contributed by atoms with van der Waals surface area (Å²) in [6.45, 7) is 3.83. The van der Waals surface area contributed by atoms with Crippen LogP contribution in [0.25, 0.3) is 0 Å². The molecular formula is C21H26N4O3S. The number of thiazole rings is 1. The van der Waals surface area contributed by atoms with Crippen molar-refractivity contribution in [2.24, 2.45) is 11.8 Å². The Bertz CT molecular complexity index is 891. The Morgan fingerprint density at radius 3 is 2.86 bits per heavy atom. The number of morpholine rings is 1. The van der Waals surface area contributed by atoms with Crippen LogP contribution in [0.1, 0.15) is 15.2 Å². The minimum Gasteiger partial charge on any atom is -0.396 e. The summed E-state index contributed by atoms with van der Waals surface area (Å²) in [4.78, 5) is 21.9. The van der Waals surface area contributed by atoms with E-state index in [-0.39, 0.29) is 36.1 Å². The normalized spacial score (nSPS) is 31.2. The van der Waals surface area contributed by atoms with Crippen LogP contribution in [0, 0.1) is 11.8 Å². The number of carbonyl (C=O) groups excluding carboxylic acids is 1. The van der Waals surface area contributed by atoms with E-state index < -0.39 is 0 Å². The van der Waals surface area contributed by atoms with E-state index in [2.05, 4.69) is 34.1 Å². The van der Waals surface area contributed by atoms with Crippen molar-refractivity contribution in [1.82, 2.24) is 14.8 Å². The molecule has 2 aromatic rings. The summed E-state index contributed by atoms with van der Waals surface area (Å²) in [5.74, 6) is 0.283. The number of aliphatic hydroxyl groups excluding tert-OH is 1. The fourth-order valence-electron chi connectivity index (χ4n) is 5.33. The molecule has 3 saturated heterocycles. The van der Waals surface area contributed by atoms with Crippen LogP contribution in [-0.4, -0.2) is 76.8 Å². The highest BCUT2D eigenvalue weighted by atomic mass is 32.1. The van der Waals surface area contributed by atoms with Crippen molar-refractivity contribution in [2.45, 2.75) is 18.1 Å². The molecule has 1 aromatic carbocycles. The van der Waals surface area contributed by atoms with Gasteiger partial charge >= 0.3 is 0 Å². The van der Waals surface area contributed by atoms with Gasteiger partial charge in [-0.25, -0.2) is 4.98 Å². The van der Waals surface area contributed by atoms with E-state index in [4.69, 9.17) is 10.5 Å². The summed E-state index contributed by atoms with van der Waals surface area (Å²) in [5, 5.41) is 10.5. The van der Waals surface area contributed by atoms with Crippen molar-refractivity contribution in [3.63, 3.8) is 0 Å². The largest absolute Gasteiger partial charge is 0.396 e. The number of likely N-dealkylation sites (tertiary alicyclic amines) is 2. The third-order valence-electron chi connectivity index (χ3n) is 6.65. The number of nitrogens with zero attached hydrogens (tertiary/aromatic N) is 3. The highest BCUT2D eigenvalue weighted by molar-refractivity contribution is 7.17. The van der Waals surface area contributed by atoms with E-state index >= 15 is 0 Å². The zero-order valence-electron chi connectivity index (χ0n) is 16.2. The number of hydrogen-bond donors (Lipinski definition) is 2. The molecule has 0 aliphatic carbocycles. The molecule has 7 nitrogen and oxygen atoms in total. The molecule has 3 N–H and O–H groups in total. The van der Waals surface area contributed by atoms with E-state index in [0.29, 0.717) is 23.1 Å². The predicted octanol–water partition coefficient (Wildman–Crippen LogP) is 1.10. The number of nitrogens with two attached hydrogens (primary N) is 1. The van der Waals surface area contributed by atoms with Gasteiger partial charge in [0, 0.05) is 44.6 Å². The lowest BCUT2D eigenvalue weighted by Crippen LogP contribution is -2.55. The zero-order valence-corrected chi connectivity index (χ0v) is 17.1. The maximum atomic E-state index is 13.0. The van der Waals surface area contributed by atoms with E-state index in [9.17, 15) is 9.90 Å². The minimum absolute atomic E-state index is 0.0352. The van der Waals surface area contributed by atoms with Gasteiger partial charge in [0.05, 0.1) is 18.8 Å². The number of carbonyl (C=O) groups is 1. The summed E-state index contributed by atoms with van der Waals surface area (Å²) < 4.78 is 6.48. The Hall–Kier alpha value is -2.00. The molecule has 3 aliphatic rings. The fraction of sp³-hybridized carbons (Fsp3) is 0.524. The van der Waals surface area contributed by atoms with Gasteiger partial charge in [-0.1, -0.05) is 41.7 Å². The quantitative estimate of drug-likeness (QED) is 0.761. The fourth-order valence-corrected chi connectivity index (χ4v) is 5.98. The smallest absolute Gasteiger partial charge is 0.265 e. The Morgan fingerprint density at radius 1 is 1.31 bits per heavy atom. The van der Waals surface area contributed by atoms with Crippen LogP contribution in [0.4, 0.5) is 5.13 Å². The van der Waals surface area contributed by atoms with Crippen LogP contribution in [0.3, 0.4) is 0 Å². The summed E-state index contributed by atoms with van der Waals surface area (Å²) >= 11 is 1.22. The van der Waals surface area contributed by atoms with Crippen molar-refractivity contribution >= 4 is 22.4 Å². The first-order chi connectivity index (χ1) is 14.1. The van der Waals surface area contributed by atoms with E-state index in [1.165, 1.54) is 16.9 Å². The van der Waals surface area contributed by atoms with Crippen LogP contribution < -0.4 is 5.73 Å². The molecule has 29 heavy (non-hydrogen) atoms. The first-order valence-corrected chi connectivity index (χ1v) is 11.0. The van der Waals surface area contributed by atoms with Gasteiger partial charge in [-0.2, -0.15) is 0 Å². The highest BCUT2D eigenvalue weighted by Gasteiger charge is 2.62. The van der Waals surface area contributed by atoms with E-state index in [1.807, 2.05) is 11.0 Å². The number of anilines is 1. The number of hydrogen-bond acceptors (Lipinski definition) is 7. The Morgan fingerprint density at radius 2 is 2.14 bits per heavy atom. The molecule has 3 aliphatic heterocycles. The van der Waals surface area contributed by atoms with Crippen molar-refractivity contribution in [1.29, 1.82) is 0 Å². The second-order valence-electron chi connectivity index (χ2n) is 8.39. The summed E-state index contributed by atoms with van der Waals surface area (Å²) in [6.07, 6.45) is 2.43. The van der Waals surface area contributed by atoms with Crippen LogP contribution in [0.5, 0.6) is 0 Å². The molecule has 0 saturated carbocycles. The van der Waals surface area contributed by atoms with Gasteiger partial charge in [0.25, 0.3) is 5.91 Å². The van der Waals surface area contributed by atoms with Crippen LogP contribution in [0.15, 0.2) is 36.5 Å². The maximum Gasteiger partial charge on any atom is 0.265 e. The van der Waals surface area contributed by atoms with E-state index in [0.717, 1.165) is 26.1 Å². The van der Waals surface area contributed by atoms with E-state index in [1.54, 1.807) is 6.20 Å². The Labute approximate surface area is 174 Å². The second kappa shape index (κ2) is 7.36. The van der Waals surface area contributed by atoms with Crippen molar-refractivity contribution in [2.75, 3.05) is 45.1 Å². The number of fused-ring (bicyclic) bond motifs is 1. The molecule has 1 amide bonds. The average Bonchev–Trinajstić information content (AvgIpc) is 3.36. The number of rotatable bonds is 5. The summed E-state index contributed by atoms with van der Waals surface area (Å²) in [7, 11) is 0. The Balaban J connectivity index is 1.32. The number of amides is 1. The third-order valence-corrected chi connectivity index (χ3v) is 7.47. The highest BCUT2D eigenvalue weighted by Crippen LogP contribution is 2.49. The summed E-state index contributed by atoms with van der Waals surface area (Å²) in [5.41, 5.74) is 6.64. The first-order valence-electron chi connectivity index (χ1n) is 10.1. The van der Waals surface area contributed by atoms with Crippen LogP contribution in [-0.2, 0) is 11.2 Å². The molecule has 1 aromatic heterocycles. The average molecular weight is 415 g/mol. The van der Waals surface area contributed by atoms with Gasteiger partial charge < -0.3 is 20.5 Å². The molecule has 0 radical (unpaired) electrons. The minimum atomic E-state index is -0.390. The van der Waals surface area contributed by atoms with Gasteiger partial charge in [-0.15, -0.1) is 0 Å². The van der Waals surface area contributed by atoms with Crippen molar-refractivity contribution < 1.29 is 14.6 Å². The van der Waals surface area contributed by atoms with Gasteiger partial charge in [0.15, 0.2) is 5.13 Å². The van der Waals surface area contributed by atoms with Crippen molar-refractivity contribution in [3.8, 4) is 0 Å². The monoisotopic (exact) mass is 414 g/mol. The van der Waals surface area contributed by atoms with Crippen molar-refractivity contribution in [3.05, 3.63) is 47.0 Å². The summed E-state index contributed by atoms with van der Waals surface area (Å²) in [6, 6.07) is 10.5. The lowest BCUT2D eigenvalue weighted by molar-refractivity contribution is -0.107. The molecule has 4 heterocycles. The molecule has 4 atom stereocenters. The predicted molar refractivity (Wildman–Crippen MR) is 111 cm³/mol. The maximum absolute atomic E-state index is 13.0. The number of aromatic nitrogens is 1. The molecule has 154 valence electrons. The van der Waals surface area contributed by atoms with Gasteiger partial charge in [-0.05, 0) is 12.0 Å². The number of ether oxygens (including phenoxy) is 1. The van der Waals surface area contributed by atoms with Gasteiger partial charge in [0.1, 0.15) is 10.5 Å². The zero-order chi connectivity index (χ0) is 20.0. The molecule has 0 unspecified atom stereocenters. The molecule has 5 rings (SSSR count). The molecule has 1 spiro atoms. The number of nitrogen functional groups attached to an aromatic ring is 1. The lowest BCUT2D eigenvalue weighted by Gasteiger charge is -2.40. The Kier molecular flexibility index (Phi) is 4.82. The standard InChI is InChI=1S/C21H26N4O3S/c22-20-23-8-18(29-20)19(27)25-10-17-15(11-26)16-9-24(12-21(16,13-25)28-17)7-6-14-4-2-1-3-5-14/h1-5,8,15-17,26H,6-7,9-13H2,(H2,22,23)/t15-,16+,17+,21-/m0/s1. The molecule has 8 heteroatoms. The second-order valence-corrected chi connectivity index (χ2v) is 9.46. The number of benzene rings is 1. The SMILES string of the molecule is Nc1ncc(C(=O)N2C[C@H]3O[C@@]4(CN(CCc5ccccc5)C[C@@H]4[C@@H]3CO)C2)s1. The van der Waals surface area contributed by atoms with Crippen LogP contribution >= 0.6 is 11.3 Å².